The van der Waals surface area contributed by atoms with Gasteiger partial charge in [-0.25, -0.2) is 14.8 Å². The van der Waals surface area contributed by atoms with E-state index in [9.17, 15) is 23.6 Å². The molecular weight excluding hydrogens is 756 g/mol. The highest BCUT2D eigenvalue weighted by molar-refractivity contribution is 6.03. The van der Waals surface area contributed by atoms with Gasteiger partial charge in [0.1, 0.15) is 5.82 Å². The summed E-state index contributed by atoms with van der Waals surface area (Å²) in [5, 5.41) is 10.2. The maximum absolute atomic E-state index is 15.0. The number of ether oxygens (including phenoxy) is 2. The van der Waals surface area contributed by atoms with Crippen molar-refractivity contribution < 1.29 is 33.0 Å². The molecule has 14 nitrogen and oxygen atoms in total. The van der Waals surface area contributed by atoms with Crippen LogP contribution in [0.1, 0.15) is 43.1 Å². The lowest BCUT2D eigenvalue weighted by Crippen LogP contribution is -2.52. The Bertz CT molecular complexity index is 2130. The SMILES string of the molecule is Cc1cccc(-c2cnc(C(=O)NCCOCCNCC(=O)N3CCN(C(=O)c4cc(C/C(=N/NC=O)c5ccccc5C)ccc4F)CC3)c(N3CCOCC3)c2)c1. The van der Waals surface area contributed by atoms with Crippen LogP contribution in [0.25, 0.3) is 11.1 Å². The van der Waals surface area contributed by atoms with Crippen LogP contribution in [0.5, 0.6) is 0 Å². The normalized spacial score (nSPS) is 14.6. The molecule has 3 N–H and O–H groups in total. The first-order valence-electron chi connectivity index (χ1n) is 19.9. The number of aromatic nitrogens is 1. The van der Waals surface area contributed by atoms with Crippen LogP contribution in [-0.4, -0.2) is 130 Å². The van der Waals surface area contributed by atoms with Gasteiger partial charge >= 0.3 is 0 Å². The van der Waals surface area contributed by atoms with Crippen molar-refractivity contribution in [3.05, 3.63) is 118 Å². The fourth-order valence-corrected chi connectivity index (χ4v) is 7.09. The largest absolute Gasteiger partial charge is 0.378 e. The number of carbonyl (C=O) groups excluding carboxylic acids is 4. The molecule has 0 bridgehead atoms. The molecule has 1 aromatic heterocycles. The molecule has 2 saturated heterocycles. The number of aryl methyl sites for hydroxylation is 2. The maximum Gasteiger partial charge on any atom is 0.272 e. The molecule has 4 amide bonds. The summed E-state index contributed by atoms with van der Waals surface area (Å²) >= 11 is 0. The Labute approximate surface area is 343 Å². The molecule has 0 atom stereocenters. The minimum Gasteiger partial charge on any atom is -0.378 e. The standard InChI is InChI=1S/C44H51FN8O6/c1-31-6-5-8-34(24-31)35-27-40(51-18-22-59-23-19-51)42(48-28-35)43(56)47-13-21-58-20-12-46-29-41(55)52-14-16-53(17-15-52)44(57)37-25-33(10-11-38(37)45)26-39(50-49-30-54)36-9-4-3-7-32(36)2/h3-11,24-25,27-28,30,46H,12-23,26,29H2,1-2H3,(H,47,56)(H,49,54)/b50-39-. The highest BCUT2D eigenvalue weighted by Crippen LogP contribution is 2.28. The molecule has 0 saturated carbocycles. The van der Waals surface area contributed by atoms with E-state index in [4.69, 9.17) is 9.47 Å². The van der Waals surface area contributed by atoms with Gasteiger partial charge in [0.25, 0.3) is 11.8 Å². The highest BCUT2D eigenvalue weighted by atomic mass is 19.1. The van der Waals surface area contributed by atoms with Crippen molar-refractivity contribution in [3.8, 4) is 11.1 Å². The molecule has 3 heterocycles. The fourth-order valence-electron chi connectivity index (χ4n) is 7.09. The van der Waals surface area contributed by atoms with Gasteiger partial charge < -0.3 is 34.8 Å². The average molecular weight is 807 g/mol. The zero-order valence-corrected chi connectivity index (χ0v) is 33.5. The summed E-state index contributed by atoms with van der Waals surface area (Å²) in [5.41, 5.74) is 9.57. The van der Waals surface area contributed by atoms with Crippen LogP contribution in [0.3, 0.4) is 0 Å². The molecule has 2 aliphatic heterocycles. The second kappa shape index (κ2) is 21.1. The van der Waals surface area contributed by atoms with Gasteiger partial charge in [0.15, 0.2) is 5.69 Å². The third-order valence-electron chi connectivity index (χ3n) is 10.3. The van der Waals surface area contributed by atoms with E-state index in [2.05, 4.69) is 37.1 Å². The first kappa shape index (κ1) is 42.6. The van der Waals surface area contributed by atoms with Crippen LogP contribution in [-0.2, 0) is 25.5 Å². The number of carbonyl (C=O) groups is 4. The Kier molecular flexibility index (Phi) is 15.2. The minimum atomic E-state index is -0.634. The van der Waals surface area contributed by atoms with Crippen molar-refractivity contribution in [1.29, 1.82) is 0 Å². The quantitative estimate of drug-likeness (QED) is 0.0631. The maximum atomic E-state index is 15.0. The lowest BCUT2D eigenvalue weighted by atomic mass is 9.97. The number of pyridine rings is 1. The summed E-state index contributed by atoms with van der Waals surface area (Å²) in [5.74, 6) is -1.47. The fraction of sp³-hybridized carbons (Fsp3) is 0.364. The van der Waals surface area contributed by atoms with Crippen LogP contribution >= 0.6 is 0 Å². The van der Waals surface area contributed by atoms with Crippen molar-refractivity contribution in [3.63, 3.8) is 0 Å². The van der Waals surface area contributed by atoms with Crippen molar-refractivity contribution in [2.24, 2.45) is 5.10 Å². The molecule has 0 spiro atoms. The Balaban J connectivity index is 0.906. The number of piperazine rings is 1. The second-order valence-electron chi connectivity index (χ2n) is 14.4. The van der Waals surface area contributed by atoms with Gasteiger partial charge in [0.2, 0.25) is 12.3 Å². The second-order valence-corrected chi connectivity index (χ2v) is 14.4. The van der Waals surface area contributed by atoms with Gasteiger partial charge in [-0.1, -0.05) is 60.2 Å². The van der Waals surface area contributed by atoms with Crippen LogP contribution in [0.2, 0.25) is 0 Å². The van der Waals surface area contributed by atoms with Crippen LogP contribution in [0, 0.1) is 19.7 Å². The molecule has 4 aromatic rings. The summed E-state index contributed by atoms with van der Waals surface area (Å²) in [7, 11) is 0. The minimum absolute atomic E-state index is 0.0575. The number of hydrogen-bond donors (Lipinski definition) is 3. The third kappa shape index (κ3) is 11.6. The van der Waals surface area contributed by atoms with Gasteiger partial charge in [0.05, 0.1) is 49.9 Å². The molecule has 0 aliphatic carbocycles. The molecule has 310 valence electrons. The van der Waals surface area contributed by atoms with Crippen LogP contribution in [0.15, 0.2) is 84.1 Å². The van der Waals surface area contributed by atoms with Gasteiger partial charge in [-0.3, -0.25) is 19.2 Å². The number of benzene rings is 3. The molecule has 59 heavy (non-hydrogen) atoms. The summed E-state index contributed by atoms with van der Waals surface area (Å²) in [6, 6.07) is 22.2. The predicted molar refractivity (Wildman–Crippen MR) is 223 cm³/mol. The van der Waals surface area contributed by atoms with Crippen molar-refractivity contribution in [2.45, 2.75) is 20.3 Å². The summed E-state index contributed by atoms with van der Waals surface area (Å²) in [6.45, 7) is 9.09. The predicted octanol–water partition coefficient (Wildman–Crippen LogP) is 3.35. The van der Waals surface area contributed by atoms with E-state index in [1.54, 1.807) is 22.1 Å². The third-order valence-corrected chi connectivity index (χ3v) is 10.3. The summed E-state index contributed by atoms with van der Waals surface area (Å²) < 4.78 is 26.2. The van der Waals surface area contributed by atoms with Gasteiger partial charge in [-0.15, -0.1) is 0 Å². The Morgan fingerprint density at radius 2 is 1.63 bits per heavy atom. The van der Waals surface area contributed by atoms with E-state index in [1.165, 1.54) is 12.1 Å². The van der Waals surface area contributed by atoms with Gasteiger partial charge in [0, 0.05) is 76.1 Å². The van der Waals surface area contributed by atoms with E-state index in [-0.39, 0.29) is 50.0 Å². The van der Waals surface area contributed by atoms with E-state index in [0.717, 1.165) is 33.5 Å². The van der Waals surface area contributed by atoms with E-state index in [0.29, 0.717) is 82.5 Å². The number of nitrogens with zero attached hydrogens (tertiary/aromatic N) is 5. The molecule has 0 unspecified atom stereocenters. The number of amides is 4. The van der Waals surface area contributed by atoms with E-state index >= 15 is 0 Å². The van der Waals surface area contributed by atoms with Crippen molar-refractivity contribution in [2.75, 3.05) is 90.2 Å². The van der Waals surface area contributed by atoms with Gasteiger partial charge in [-0.2, -0.15) is 5.10 Å². The number of halogens is 1. The molecule has 6 rings (SSSR count). The molecule has 15 heteroatoms. The van der Waals surface area contributed by atoms with Crippen LogP contribution < -0.4 is 21.0 Å². The number of anilines is 1. The zero-order chi connectivity index (χ0) is 41.6. The monoisotopic (exact) mass is 806 g/mol. The first-order valence-corrected chi connectivity index (χ1v) is 19.9. The molecular formula is C44H51FN8O6. The van der Waals surface area contributed by atoms with Gasteiger partial charge in [-0.05, 0) is 48.7 Å². The van der Waals surface area contributed by atoms with Crippen molar-refractivity contribution >= 4 is 35.5 Å². The number of rotatable bonds is 17. The van der Waals surface area contributed by atoms with Crippen LogP contribution in [0.4, 0.5) is 10.1 Å². The van der Waals surface area contributed by atoms with E-state index in [1.807, 2.05) is 62.4 Å². The summed E-state index contributed by atoms with van der Waals surface area (Å²) in [6.07, 6.45) is 2.48. The number of morpholine rings is 1. The Hall–Kier alpha value is -6.03. The first-order chi connectivity index (χ1) is 28.7. The Morgan fingerprint density at radius 3 is 2.39 bits per heavy atom. The number of hydrazone groups is 1. The molecule has 3 aromatic carbocycles. The highest BCUT2D eigenvalue weighted by Gasteiger charge is 2.27. The molecule has 0 radical (unpaired) electrons. The molecule has 2 aliphatic rings. The van der Waals surface area contributed by atoms with Crippen molar-refractivity contribution in [1.82, 2.24) is 30.8 Å². The lowest BCUT2D eigenvalue weighted by molar-refractivity contribution is -0.131. The zero-order valence-electron chi connectivity index (χ0n) is 33.5. The topological polar surface area (TPSA) is 158 Å². The molecule has 2 fully saturated rings. The lowest BCUT2D eigenvalue weighted by Gasteiger charge is -2.35. The number of nitrogens with one attached hydrogen (secondary N) is 3. The smallest absolute Gasteiger partial charge is 0.272 e. The average Bonchev–Trinajstić information content (AvgIpc) is 3.26. The summed E-state index contributed by atoms with van der Waals surface area (Å²) in [4.78, 5) is 60.6. The number of hydrogen-bond acceptors (Lipinski definition) is 10. The Morgan fingerprint density at radius 1 is 0.864 bits per heavy atom. The van der Waals surface area contributed by atoms with E-state index < -0.39 is 11.7 Å².